The van der Waals surface area contributed by atoms with Gasteiger partial charge >= 0.3 is 6.03 Å². The van der Waals surface area contributed by atoms with E-state index in [1.807, 2.05) is 12.3 Å². The Hall–Kier alpha value is -1.62. The molecule has 0 unspecified atom stereocenters. The van der Waals surface area contributed by atoms with E-state index in [1.165, 1.54) is 0 Å². The zero-order valence-corrected chi connectivity index (χ0v) is 11.8. The van der Waals surface area contributed by atoms with Crippen molar-refractivity contribution in [2.75, 3.05) is 31.6 Å². The number of rotatable bonds is 1. The SMILES string of the molecule is CC(C)(C)c1cncc(NC(=O)N2CCOCC2)c1. The molecule has 1 aliphatic heterocycles. The van der Waals surface area contributed by atoms with Crippen molar-refractivity contribution in [3.63, 3.8) is 0 Å². The van der Waals surface area contributed by atoms with Crippen LogP contribution in [-0.4, -0.2) is 42.2 Å². The van der Waals surface area contributed by atoms with Crippen molar-refractivity contribution in [2.45, 2.75) is 26.2 Å². The number of hydrogen-bond donors (Lipinski definition) is 1. The average molecular weight is 263 g/mol. The van der Waals surface area contributed by atoms with Crippen molar-refractivity contribution in [1.29, 1.82) is 0 Å². The van der Waals surface area contributed by atoms with E-state index in [-0.39, 0.29) is 11.4 Å². The lowest BCUT2D eigenvalue weighted by Crippen LogP contribution is -2.43. The minimum absolute atomic E-state index is 0.0205. The smallest absolute Gasteiger partial charge is 0.322 e. The van der Waals surface area contributed by atoms with Crippen LogP contribution in [0.4, 0.5) is 10.5 Å². The van der Waals surface area contributed by atoms with E-state index < -0.39 is 0 Å². The van der Waals surface area contributed by atoms with Crippen LogP contribution in [0.1, 0.15) is 26.3 Å². The summed E-state index contributed by atoms with van der Waals surface area (Å²) in [5.74, 6) is 0. The van der Waals surface area contributed by atoms with Crippen molar-refractivity contribution < 1.29 is 9.53 Å². The molecule has 0 atom stereocenters. The summed E-state index contributed by atoms with van der Waals surface area (Å²) >= 11 is 0. The van der Waals surface area contributed by atoms with Gasteiger partial charge in [0.1, 0.15) is 0 Å². The summed E-state index contributed by atoms with van der Waals surface area (Å²) < 4.78 is 5.23. The predicted octanol–water partition coefficient (Wildman–Crippen LogP) is 2.24. The molecule has 0 aliphatic carbocycles. The molecule has 1 aromatic heterocycles. The summed E-state index contributed by atoms with van der Waals surface area (Å²) in [6.07, 6.45) is 3.51. The molecular formula is C14H21N3O2. The summed E-state index contributed by atoms with van der Waals surface area (Å²) in [6, 6.07) is 1.89. The highest BCUT2D eigenvalue weighted by Gasteiger charge is 2.18. The molecule has 104 valence electrons. The van der Waals surface area contributed by atoms with E-state index in [1.54, 1.807) is 11.1 Å². The molecule has 0 spiro atoms. The summed E-state index contributed by atoms with van der Waals surface area (Å²) in [4.78, 5) is 18.0. The topological polar surface area (TPSA) is 54.5 Å². The Morgan fingerprint density at radius 2 is 2.00 bits per heavy atom. The summed E-state index contributed by atoms with van der Waals surface area (Å²) in [5.41, 5.74) is 1.86. The van der Waals surface area contributed by atoms with Gasteiger partial charge in [-0.3, -0.25) is 4.98 Å². The number of anilines is 1. The molecular weight excluding hydrogens is 242 g/mol. The molecule has 5 nitrogen and oxygen atoms in total. The first-order chi connectivity index (χ1) is 8.97. The lowest BCUT2D eigenvalue weighted by molar-refractivity contribution is 0.0564. The second-order valence-corrected chi connectivity index (χ2v) is 5.74. The quantitative estimate of drug-likeness (QED) is 0.845. The molecule has 2 heterocycles. The van der Waals surface area contributed by atoms with Crippen LogP contribution in [-0.2, 0) is 10.2 Å². The van der Waals surface area contributed by atoms with E-state index in [9.17, 15) is 4.79 Å². The summed E-state index contributed by atoms with van der Waals surface area (Å²) in [6.45, 7) is 8.85. The van der Waals surface area contributed by atoms with Crippen molar-refractivity contribution in [3.05, 3.63) is 24.0 Å². The van der Waals surface area contributed by atoms with Crippen molar-refractivity contribution >= 4 is 11.7 Å². The van der Waals surface area contributed by atoms with E-state index in [0.29, 0.717) is 26.3 Å². The van der Waals surface area contributed by atoms with E-state index in [4.69, 9.17) is 4.74 Å². The molecule has 1 aromatic rings. The van der Waals surface area contributed by atoms with Crippen LogP contribution in [0.25, 0.3) is 0 Å². The maximum absolute atomic E-state index is 12.1. The molecule has 1 N–H and O–H groups in total. The van der Waals surface area contributed by atoms with Crippen LogP contribution in [0.5, 0.6) is 0 Å². The van der Waals surface area contributed by atoms with Gasteiger partial charge in [0.05, 0.1) is 25.1 Å². The van der Waals surface area contributed by atoms with Crippen LogP contribution < -0.4 is 5.32 Å². The lowest BCUT2D eigenvalue weighted by atomic mass is 9.88. The first-order valence-electron chi connectivity index (χ1n) is 6.56. The molecule has 5 heteroatoms. The summed E-state index contributed by atoms with van der Waals surface area (Å²) in [7, 11) is 0. The van der Waals surface area contributed by atoms with Gasteiger partial charge in [0, 0.05) is 19.3 Å². The molecule has 0 aromatic carbocycles. The monoisotopic (exact) mass is 263 g/mol. The van der Waals surface area contributed by atoms with Crippen molar-refractivity contribution in [3.8, 4) is 0 Å². The molecule has 1 aliphatic rings. The van der Waals surface area contributed by atoms with E-state index in [0.717, 1.165) is 11.3 Å². The maximum atomic E-state index is 12.1. The number of hydrogen-bond acceptors (Lipinski definition) is 3. The second-order valence-electron chi connectivity index (χ2n) is 5.74. The molecule has 1 fully saturated rings. The third-order valence-corrected chi connectivity index (χ3v) is 3.15. The molecule has 0 saturated carbocycles. The molecule has 2 rings (SSSR count). The maximum Gasteiger partial charge on any atom is 0.322 e. The zero-order valence-electron chi connectivity index (χ0n) is 11.8. The van der Waals surface area contributed by atoms with Gasteiger partial charge in [-0.05, 0) is 17.0 Å². The molecule has 0 bridgehead atoms. The number of nitrogens with zero attached hydrogens (tertiary/aromatic N) is 2. The van der Waals surface area contributed by atoms with Gasteiger partial charge in [-0.2, -0.15) is 0 Å². The number of amides is 2. The van der Waals surface area contributed by atoms with Gasteiger partial charge < -0.3 is 15.0 Å². The van der Waals surface area contributed by atoms with Gasteiger partial charge in [0.2, 0.25) is 0 Å². The zero-order chi connectivity index (χ0) is 13.9. The highest BCUT2D eigenvalue weighted by atomic mass is 16.5. The fraction of sp³-hybridized carbons (Fsp3) is 0.571. The number of carbonyl (C=O) groups excluding carboxylic acids is 1. The van der Waals surface area contributed by atoms with Crippen LogP contribution in [0.2, 0.25) is 0 Å². The lowest BCUT2D eigenvalue weighted by Gasteiger charge is -2.27. The van der Waals surface area contributed by atoms with Crippen molar-refractivity contribution in [2.24, 2.45) is 0 Å². The van der Waals surface area contributed by atoms with E-state index >= 15 is 0 Å². The fourth-order valence-corrected chi connectivity index (χ4v) is 1.89. The number of carbonyl (C=O) groups is 1. The standard InChI is InChI=1S/C14H21N3O2/c1-14(2,3)11-8-12(10-15-9-11)16-13(18)17-4-6-19-7-5-17/h8-10H,4-7H2,1-3H3,(H,16,18). The fourth-order valence-electron chi connectivity index (χ4n) is 1.89. The number of ether oxygens (including phenoxy) is 1. The second kappa shape index (κ2) is 5.57. The Kier molecular flexibility index (Phi) is 4.04. The minimum atomic E-state index is -0.0869. The van der Waals surface area contributed by atoms with Gasteiger partial charge in [-0.1, -0.05) is 20.8 Å². The molecule has 2 amide bonds. The number of urea groups is 1. The first-order valence-corrected chi connectivity index (χ1v) is 6.56. The Balaban J connectivity index is 2.04. The van der Waals surface area contributed by atoms with Crippen LogP contribution >= 0.6 is 0 Å². The first kappa shape index (κ1) is 13.8. The number of morpholine rings is 1. The molecule has 1 saturated heterocycles. The highest BCUT2D eigenvalue weighted by molar-refractivity contribution is 5.89. The Morgan fingerprint density at radius 1 is 1.32 bits per heavy atom. The number of nitrogens with one attached hydrogen (secondary N) is 1. The van der Waals surface area contributed by atoms with Crippen LogP contribution in [0.3, 0.4) is 0 Å². The minimum Gasteiger partial charge on any atom is -0.378 e. The Labute approximate surface area is 114 Å². The van der Waals surface area contributed by atoms with Crippen molar-refractivity contribution in [1.82, 2.24) is 9.88 Å². The average Bonchev–Trinajstić information content (AvgIpc) is 2.39. The van der Waals surface area contributed by atoms with Gasteiger partial charge in [-0.15, -0.1) is 0 Å². The normalized spacial score (nSPS) is 16.3. The third kappa shape index (κ3) is 3.67. The van der Waals surface area contributed by atoms with E-state index in [2.05, 4.69) is 31.1 Å². The number of aromatic nitrogens is 1. The third-order valence-electron chi connectivity index (χ3n) is 3.15. The summed E-state index contributed by atoms with van der Waals surface area (Å²) in [5, 5.41) is 2.89. The highest BCUT2D eigenvalue weighted by Crippen LogP contribution is 2.23. The Morgan fingerprint density at radius 3 is 2.63 bits per heavy atom. The molecule has 19 heavy (non-hydrogen) atoms. The number of pyridine rings is 1. The van der Waals surface area contributed by atoms with Gasteiger partial charge in [0.25, 0.3) is 0 Å². The largest absolute Gasteiger partial charge is 0.378 e. The van der Waals surface area contributed by atoms with Crippen LogP contribution in [0.15, 0.2) is 18.5 Å². The molecule has 0 radical (unpaired) electrons. The Bertz CT molecular complexity index is 448. The van der Waals surface area contributed by atoms with Gasteiger partial charge in [0.15, 0.2) is 0 Å². The predicted molar refractivity (Wildman–Crippen MR) is 74.3 cm³/mol. The van der Waals surface area contributed by atoms with Crippen LogP contribution in [0, 0.1) is 0 Å². The van der Waals surface area contributed by atoms with Gasteiger partial charge in [-0.25, -0.2) is 4.79 Å².